The Labute approximate surface area is 105 Å². The fourth-order valence-corrected chi connectivity index (χ4v) is 1.97. The van der Waals surface area contributed by atoms with Crippen molar-refractivity contribution in [1.29, 1.82) is 0 Å². The maximum absolute atomic E-state index is 11.2. The zero-order valence-corrected chi connectivity index (χ0v) is 14.1. The molecule has 0 aliphatic rings. The molecule has 0 heterocycles. The van der Waals surface area contributed by atoms with Gasteiger partial charge in [-0.15, -0.1) is 0 Å². The van der Waals surface area contributed by atoms with Gasteiger partial charge in [0.2, 0.25) is 0 Å². The summed E-state index contributed by atoms with van der Waals surface area (Å²) in [5, 5.41) is 0. The molecule has 0 aliphatic heterocycles. The molecule has 0 saturated carbocycles. The third-order valence-corrected chi connectivity index (χ3v) is 3.07. The van der Waals surface area contributed by atoms with Gasteiger partial charge in [0.1, 0.15) is 0 Å². The van der Waals surface area contributed by atoms with Crippen molar-refractivity contribution in [2.24, 2.45) is 0 Å². The Hall–Kier alpha value is 0.709. The van der Waals surface area contributed by atoms with Gasteiger partial charge in [0.25, 0.3) is 10.1 Å². The van der Waals surface area contributed by atoms with Crippen LogP contribution in [0.4, 0.5) is 0 Å². The first-order valence-electron chi connectivity index (χ1n) is 4.99. The summed E-state index contributed by atoms with van der Waals surface area (Å²) in [6.07, 6.45) is 4.48. The second-order valence-corrected chi connectivity index (χ2v) is 4.90. The number of hydrogen-bond acceptors (Lipinski definition) is 3. The molecule has 0 spiro atoms. The van der Waals surface area contributed by atoms with Crippen LogP contribution in [0.2, 0.25) is 0 Å². The standard InChI is InChI=1S/C9H20O3S.Sn.2H/c1-3-5-7-9-13(10,11)12-8-6-4-2;;;/h3-9H2,1-2H3;;;. The van der Waals surface area contributed by atoms with Crippen LogP contribution in [0.5, 0.6) is 0 Å². The van der Waals surface area contributed by atoms with Crippen molar-refractivity contribution in [2.45, 2.75) is 46.0 Å². The molecule has 14 heavy (non-hydrogen) atoms. The van der Waals surface area contributed by atoms with Crippen LogP contribution in [0.15, 0.2) is 0 Å². The van der Waals surface area contributed by atoms with E-state index < -0.39 is 10.1 Å². The molecule has 0 rings (SSSR count). The van der Waals surface area contributed by atoms with E-state index in [2.05, 4.69) is 0 Å². The van der Waals surface area contributed by atoms with Crippen molar-refractivity contribution < 1.29 is 12.6 Å². The first-order chi connectivity index (χ1) is 6.12. The zero-order valence-electron chi connectivity index (χ0n) is 9.29. The van der Waals surface area contributed by atoms with Gasteiger partial charge < -0.3 is 0 Å². The average Bonchev–Trinajstić information content (AvgIpc) is 2.05. The molecule has 3 nitrogen and oxygen atoms in total. The molecule has 0 N–H and O–H groups in total. The van der Waals surface area contributed by atoms with E-state index in [9.17, 15) is 8.42 Å². The SMILES string of the molecule is CCCCCS(=O)(=O)OCCCC.[SnH2]. The summed E-state index contributed by atoms with van der Waals surface area (Å²) in [5.41, 5.74) is 0. The average molecular weight is 329 g/mol. The van der Waals surface area contributed by atoms with E-state index in [0.29, 0.717) is 13.0 Å². The maximum atomic E-state index is 11.2. The second kappa shape index (κ2) is 10.2. The van der Waals surface area contributed by atoms with Crippen molar-refractivity contribution in [2.75, 3.05) is 12.4 Å². The first kappa shape index (κ1) is 17.1. The Kier molecular flexibility index (Phi) is 12.5. The van der Waals surface area contributed by atoms with E-state index in [1.165, 1.54) is 0 Å². The van der Waals surface area contributed by atoms with Crippen LogP contribution in [0.1, 0.15) is 46.0 Å². The summed E-state index contributed by atoms with van der Waals surface area (Å²) in [6, 6.07) is 0. The molecule has 0 aromatic carbocycles. The molecule has 0 saturated heterocycles. The third-order valence-electron chi connectivity index (χ3n) is 1.76. The minimum atomic E-state index is -3.23. The van der Waals surface area contributed by atoms with E-state index in [4.69, 9.17) is 4.18 Å². The van der Waals surface area contributed by atoms with Gasteiger partial charge >= 0.3 is 23.9 Å². The Bertz CT molecular complexity index is 186. The van der Waals surface area contributed by atoms with Crippen LogP contribution in [0.25, 0.3) is 0 Å². The minimum absolute atomic E-state index is 0. The molecule has 0 bridgehead atoms. The summed E-state index contributed by atoms with van der Waals surface area (Å²) in [6.45, 7) is 4.39. The molecule has 0 aromatic heterocycles. The summed E-state index contributed by atoms with van der Waals surface area (Å²) >= 11 is 0. The van der Waals surface area contributed by atoms with Crippen LogP contribution in [0, 0.1) is 0 Å². The van der Waals surface area contributed by atoms with E-state index in [1.54, 1.807) is 0 Å². The number of hydrogen-bond donors (Lipinski definition) is 0. The van der Waals surface area contributed by atoms with Crippen LogP contribution in [0.3, 0.4) is 0 Å². The van der Waals surface area contributed by atoms with Gasteiger partial charge in [-0.05, 0) is 12.8 Å². The topological polar surface area (TPSA) is 43.4 Å². The second-order valence-electron chi connectivity index (χ2n) is 3.14. The molecule has 0 aromatic rings. The molecule has 86 valence electrons. The van der Waals surface area contributed by atoms with Crippen LogP contribution in [-0.4, -0.2) is 44.7 Å². The molecular formula is C9H22O3SSn. The van der Waals surface area contributed by atoms with E-state index in [-0.39, 0.29) is 29.7 Å². The fourth-order valence-electron chi connectivity index (χ4n) is 0.918. The van der Waals surface area contributed by atoms with Gasteiger partial charge in [0.05, 0.1) is 12.4 Å². The Morgan fingerprint density at radius 3 is 2.07 bits per heavy atom. The number of rotatable bonds is 8. The predicted octanol–water partition coefficient (Wildman–Crippen LogP) is 1.41. The fraction of sp³-hybridized carbons (Fsp3) is 1.00. The van der Waals surface area contributed by atoms with Crippen LogP contribution in [-0.2, 0) is 14.3 Å². The van der Waals surface area contributed by atoms with Crippen molar-refractivity contribution >= 4 is 34.0 Å². The van der Waals surface area contributed by atoms with Gasteiger partial charge in [-0.3, -0.25) is 4.18 Å². The predicted molar refractivity (Wildman–Crippen MR) is 62.7 cm³/mol. The van der Waals surface area contributed by atoms with Gasteiger partial charge in [-0.1, -0.05) is 33.1 Å². The van der Waals surface area contributed by atoms with E-state index >= 15 is 0 Å². The van der Waals surface area contributed by atoms with Crippen molar-refractivity contribution in [1.82, 2.24) is 0 Å². The molecule has 0 fully saturated rings. The van der Waals surface area contributed by atoms with E-state index in [1.807, 2.05) is 13.8 Å². The first-order valence-corrected chi connectivity index (χ1v) is 6.57. The van der Waals surface area contributed by atoms with Gasteiger partial charge in [-0.2, -0.15) is 8.42 Å². The van der Waals surface area contributed by atoms with Gasteiger partial charge in [0.15, 0.2) is 0 Å². The third kappa shape index (κ3) is 10.8. The van der Waals surface area contributed by atoms with Crippen molar-refractivity contribution in [3.8, 4) is 0 Å². The van der Waals surface area contributed by atoms with Crippen LogP contribution >= 0.6 is 0 Å². The van der Waals surface area contributed by atoms with E-state index in [0.717, 1.165) is 25.7 Å². The normalized spacial score (nSPS) is 11.0. The quantitative estimate of drug-likeness (QED) is 0.384. The summed E-state index contributed by atoms with van der Waals surface area (Å²) in [5.74, 6) is 0.171. The molecule has 0 amide bonds. The summed E-state index contributed by atoms with van der Waals surface area (Å²) in [7, 11) is -3.23. The molecule has 0 atom stereocenters. The summed E-state index contributed by atoms with van der Waals surface area (Å²) < 4.78 is 27.1. The summed E-state index contributed by atoms with van der Waals surface area (Å²) in [4.78, 5) is 0. The Morgan fingerprint density at radius 1 is 1.00 bits per heavy atom. The molecule has 0 aliphatic carbocycles. The van der Waals surface area contributed by atoms with Gasteiger partial charge in [0, 0.05) is 0 Å². The number of unbranched alkanes of at least 4 members (excludes halogenated alkanes) is 3. The molecule has 2 radical (unpaired) electrons. The Balaban J connectivity index is 0. The van der Waals surface area contributed by atoms with Gasteiger partial charge in [-0.25, -0.2) is 0 Å². The van der Waals surface area contributed by atoms with Crippen molar-refractivity contribution in [3.63, 3.8) is 0 Å². The van der Waals surface area contributed by atoms with Crippen LogP contribution < -0.4 is 0 Å². The Morgan fingerprint density at radius 2 is 1.57 bits per heavy atom. The monoisotopic (exact) mass is 330 g/mol. The van der Waals surface area contributed by atoms with Crippen molar-refractivity contribution in [3.05, 3.63) is 0 Å². The molecular weight excluding hydrogens is 307 g/mol. The zero-order chi connectivity index (χ0) is 10.2. The molecule has 0 unspecified atom stereocenters. The molecule has 5 heteroatoms.